The van der Waals surface area contributed by atoms with E-state index in [1.54, 1.807) is 24.3 Å². The Bertz CT molecular complexity index is 577. The average molecular weight is 303 g/mol. The lowest BCUT2D eigenvalue weighted by molar-refractivity contribution is -0.124. The van der Waals surface area contributed by atoms with Gasteiger partial charge in [0.1, 0.15) is 6.10 Å². The van der Waals surface area contributed by atoms with Crippen LogP contribution in [0.5, 0.6) is 0 Å². The quantitative estimate of drug-likeness (QED) is 0.778. The number of rotatable bonds is 3. The Morgan fingerprint density at radius 3 is 2.64 bits per heavy atom. The Morgan fingerprint density at radius 2 is 2.00 bits per heavy atom. The van der Waals surface area contributed by atoms with Gasteiger partial charge in [-0.15, -0.1) is 0 Å². The minimum absolute atomic E-state index is 0.143. The van der Waals surface area contributed by atoms with E-state index in [2.05, 4.69) is 16.0 Å². The molecule has 2 unspecified atom stereocenters. The van der Waals surface area contributed by atoms with Crippen LogP contribution >= 0.6 is 0 Å². The molecule has 0 bridgehead atoms. The smallest absolute Gasteiger partial charge is 0.321 e. The molecule has 2 saturated heterocycles. The van der Waals surface area contributed by atoms with E-state index in [0.717, 1.165) is 18.4 Å². The molecular weight excluding hydrogens is 286 g/mol. The predicted octanol–water partition coefficient (Wildman–Crippen LogP) is 1.07. The molecule has 0 aliphatic carbocycles. The lowest BCUT2D eigenvalue weighted by atomic mass is 10.0. The van der Waals surface area contributed by atoms with Gasteiger partial charge in [0, 0.05) is 12.3 Å². The number of benzene rings is 1. The van der Waals surface area contributed by atoms with Gasteiger partial charge in [-0.2, -0.15) is 0 Å². The summed E-state index contributed by atoms with van der Waals surface area (Å²) in [5.74, 6) is -0.444. The van der Waals surface area contributed by atoms with Crippen LogP contribution in [0.15, 0.2) is 24.3 Å². The highest BCUT2D eigenvalue weighted by atomic mass is 16.5. The maximum absolute atomic E-state index is 11.9. The van der Waals surface area contributed by atoms with Gasteiger partial charge >= 0.3 is 6.03 Å². The van der Waals surface area contributed by atoms with Gasteiger partial charge in [-0.3, -0.25) is 14.9 Å². The number of urea groups is 1. The zero-order valence-corrected chi connectivity index (χ0v) is 11.9. The third kappa shape index (κ3) is 3.25. The molecule has 116 valence electrons. The second-order valence-corrected chi connectivity index (χ2v) is 5.39. The van der Waals surface area contributed by atoms with Crippen LogP contribution in [0.2, 0.25) is 0 Å². The fourth-order valence-corrected chi connectivity index (χ4v) is 2.62. The Hall–Kier alpha value is -2.41. The number of carbonyl (C=O) groups is 3. The van der Waals surface area contributed by atoms with Crippen molar-refractivity contribution in [3.05, 3.63) is 29.8 Å². The van der Waals surface area contributed by atoms with E-state index in [1.165, 1.54) is 0 Å². The number of hydrogen-bond acceptors (Lipinski definition) is 4. The van der Waals surface area contributed by atoms with E-state index < -0.39 is 6.03 Å². The van der Waals surface area contributed by atoms with Crippen LogP contribution in [0.3, 0.4) is 0 Å². The Balaban J connectivity index is 1.63. The molecule has 7 heteroatoms. The minimum Gasteiger partial charge on any atom is -0.368 e. The number of hydrogen-bond donors (Lipinski definition) is 3. The fraction of sp³-hybridized carbons (Fsp3) is 0.400. The topological polar surface area (TPSA) is 96.5 Å². The average Bonchev–Trinajstić information content (AvgIpc) is 3.01. The number of imide groups is 1. The van der Waals surface area contributed by atoms with Crippen LogP contribution in [0, 0.1) is 0 Å². The molecule has 4 amide bonds. The van der Waals surface area contributed by atoms with E-state index >= 15 is 0 Å². The van der Waals surface area contributed by atoms with E-state index in [1.807, 2.05) is 0 Å². The van der Waals surface area contributed by atoms with Crippen molar-refractivity contribution < 1.29 is 19.1 Å². The summed E-state index contributed by atoms with van der Waals surface area (Å²) in [4.78, 5) is 34.6. The summed E-state index contributed by atoms with van der Waals surface area (Å²) in [6.45, 7) is 0.625. The monoisotopic (exact) mass is 303 g/mol. The van der Waals surface area contributed by atoms with E-state index in [4.69, 9.17) is 4.74 Å². The lowest BCUT2D eigenvalue weighted by Gasteiger charge is -2.23. The highest BCUT2D eigenvalue weighted by Crippen LogP contribution is 2.22. The van der Waals surface area contributed by atoms with Gasteiger partial charge in [0.25, 0.3) is 5.91 Å². The second kappa shape index (κ2) is 6.15. The maximum Gasteiger partial charge on any atom is 0.321 e. The zero-order chi connectivity index (χ0) is 15.5. The van der Waals surface area contributed by atoms with Crippen LogP contribution < -0.4 is 16.0 Å². The molecule has 0 saturated carbocycles. The molecule has 3 rings (SSSR count). The molecule has 3 N–H and O–H groups in total. The molecule has 1 aromatic rings. The number of nitrogens with one attached hydrogen (secondary N) is 3. The third-order valence-corrected chi connectivity index (χ3v) is 3.75. The van der Waals surface area contributed by atoms with Crippen molar-refractivity contribution in [3.63, 3.8) is 0 Å². The lowest BCUT2D eigenvalue weighted by Crippen LogP contribution is -2.48. The Morgan fingerprint density at radius 1 is 1.23 bits per heavy atom. The van der Waals surface area contributed by atoms with E-state index in [-0.39, 0.29) is 30.4 Å². The first-order valence-electron chi connectivity index (χ1n) is 7.24. The molecule has 7 nitrogen and oxygen atoms in total. The molecule has 0 radical (unpaired) electrons. The van der Waals surface area contributed by atoms with Gasteiger partial charge in [-0.1, -0.05) is 12.1 Å². The molecular formula is C15H17N3O4. The summed E-state index contributed by atoms with van der Waals surface area (Å²) in [7, 11) is 0. The van der Waals surface area contributed by atoms with Crippen LogP contribution in [0.25, 0.3) is 0 Å². The summed E-state index contributed by atoms with van der Waals surface area (Å²) < 4.78 is 5.33. The van der Waals surface area contributed by atoms with Crippen LogP contribution in [0.4, 0.5) is 10.5 Å². The highest BCUT2D eigenvalue weighted by Gasteiger charge is 2.25. The van der Waals surface area contributed by atoms with Crippen LogP contribution in [0.1, 0.15) is 30.9 Å². The predicted molar refractivity (Wildman–Crippen MR) is 78.1 cm³/mol. The van der Waals surface area contributed by atoms with Crippen molar-refractivity contribution in [1.29, 1.82) is 0 Å². The van der Waals surface area contributed by atoms with Crippen molar-refractivity contribution >= 4 is 23.5 Å². The van der Waals surface area contributed by atoms with Crippen molar-refractivity contribution in [3.8, 4) is 0 Å². The molecule has 2 fully saturated rings. The SMILES string of the molecule is O=C1CC(c2ccc(NC(=O)C3CCCO3)cc2)NC(=O)N1. The summed E-state index contributed by atoms with van der Waals surface area (Å²) in [6.07, 6.45) is 1.47. The maximum atomic E-state index is 11.9. The molecule has 22 heavy (non-hydrogen) atoms. The summed E-state index contributed by atoms with van der Waals surface area (Å²) in [5, 5.41) is 7.68. The molecule has 2 atom stereocenters. The molecule has 2 heterocycles. The van der Waals surface area contributed by atoms with E-state index in [0.29, 0.717) is 12.3 Å². The third-order valence-electron chi connectivity index (χ3n) is 3.75. The molecule has 0 spiro atoms. The molecule has 2 aliphatic heterocycles. The van der Waals surface area contributed by atoms with Crippen molar-refractivity contribution in [2.75, 3.05) is 11.9 Å². The van der Waals surface area contributed by atoms with Gasteiger partial charge in [0.15, 0.2) is 0 Å². The minimum atomic E-state index is -0.489. The number of anilines is 1. The molecule has 1 aromatic carbocycles. The van der Waals surface area contributed by atoms with Crippen molar-refractivity contribution in [2.45, 2.75) is 31.4 Å². The van der Waals surface area contributed by atoms with Crippen LogP contribution in [-0.2, 0) is 14.3 Å². The first-order chi connectivity index (χ1) is 10.6. The molecule has 2 aliphatic rings. The number of amides is 4. The number of carbonyl (C=O) groups excluding carboxylic acids is 3. The summed E-state index contributed by atoms with van der Waals surface area (Å²) in [6, 6.07) is 6.24. The second-order valence-electron chi connectivity index (χ2n) is 5.39. The van der Waals surface area contributed by atoms with Crippen LogP contribution in [-0.4, -0.2) is 30.6 Å². The van der Waals surface area contributed by atoms with Gasteiger partial charge in [0.05, 0.1) is 12.5 Å². The van der Waals surface area contributed by atoms with Gasteiger partial charge in [-0.25, -0.2) is 4.79 Å². The first-order valence-corrected chi connectivity index (χ1v) is 7.24. The Kier molecular flexibility index (Phi) is 4.06. The highest BCUT2D eigenvalue weighted by molar-refractivity contribution is 5.97. The summed E-state index contributed by atoms with van der Waals surface area (Å²) >= 11 is 0. The van der Waals surface area contributed by atoms with Gasteiger partial charge in [0.2, 0.25) is 5.91 Å². The first kappa shape index (κ1) is 14.5. The van der Waals surface area contributed by atoms with E-state index in [9.17, 15) is 14.4 Å². The largest absolute Gasteiger partial charge is 0.368 e. The number of ether oxygens (including phenoxy) is 1. The molecule has 0 aromatic heterocycles. The fourth-order valence-electron chi connectivity index (χ4n) is 2.62. The van der Waals surface area contributed by atoms with Gasteiger partial charge in [-0.05, 0) is 30.5 Å². The van der Waals surface area contributed by atoms with Crippen molar-refractivity contribution in [1.82, 2.24) is 10.6 Å². The standard InChI is InChI=1S/C15H17N3O4/c19-13-8-11(17-15(21)18-13)9-3-5-10(6-4-9)16-14(20)12-2-1-7-22-12/h3-6,11-12H,1-2,7-8H2,(H,16,20)(H2,17,18,19,21). The van der Waals surface area contributed by atoms with Gasteiger partial charge < -0.3 is 15.4 Å². The Labute approximate surface area is 127 Å². The zero-order valence-electron chi connectivity index (χ0n) is 11.9. The van der Waals surface area contributed by atoms with Crippen molar-refractivity contribution in [2.24, 2.45) is 0 Å². The summed E-state index contributed by atoms with van der Waals surface area (Å²) in [5.41, 5.74) is 1.48. The normalized spacial score (nSPS) is 24.5.